The van der Waals surface area contributed by atoms with Gasteiger partial charge in [0.15, 0.2) is 17.3 Å². The minimum absolute atomic E-state index is 0.00829. The Morgan fingerprint density at radius 2 is 1.56 bits per heavy atom. The van der Waals surface area contributed by atoms with E-state index in [1.807, 2.05) is 27.7 Å². The standard InChI is InChI=1S/C14H20F2O2/c1-5-9(3)17-13-8-11(15)7-12(16)14(13)18-10(4)6-2/h7-10H,5-6H2,1-4H3. The van der Waals surface area contributed by atoms with Crippen molar-refractivity contribution >= 4 is 0 Å². The molecule has 0 saturated heterocycles. The second-order valence-corrected chi connectivity index (χ2v) is 4.39. The van der Waals surface area contributed by atoms with Crippen LogP contribution in [0.15, 0.2) is 12.1 Å². The normalized spacial score (nSPS) is 14.1. The van der Waals surface area contributed by atoms with Crippen LogP contribution in [0.3, 0.4) is 0 Å². The molecule has 2 atom stereocenters. The van der Waals surface area contributed by atoms with Crippen molar-refractivity contribution in [2.75, 3.05) is 0 Å². The molecule has 0 aromatic heterocycles. The Bertz CT molecular complexity index is 394. The minimum atomic E-state index is -0.728. The van der Waals surface area contributed by atoms with Crippen LogP contribution >= 0.6 is 0 Å². The maximum absolute atomic E-state index is 13.7. The molecule has 2 unspecified atom stereocenters. The van der Waals surface area contributed by atoms with Gasteiger partial charge in [-0.15, -0.1) is 0 Å². The molecular weight excluding hydrogens is 238 g/mol. The van der Waals surface area contributed by atoms with Gasteiger partial charge in [-0.05, 0) is 26.7 Å². The van der Waals surface area contributed by atoms with Gasteiger partial charge in [-0.25, -0.2) is 8.78 Å². The summed E-state index contributed by atoms with van der Waals surface area (Å²) in [5.74, 6) is -1.27. The van der Waals surface area contributed by atoms with Crippen LogP contribution in [0.4, 0.5) is 8.78 Å². The predicted molar refractivity (Wildman–Crippen MR) is 67.1 cm³/mol. The minimum Gasteiger partial charge on any atom is -0.487 e. The topological polar surface area (TPSA) is 18.5 Å². The lowest BCUT2D eigenvalue weighted by atomic mass is 10.2. The van der Waals surface area contributed by atoms with Crippen molar-refractivity contribution in [3.05, 3.63) is 23.8 Å². The Labute approximate surface area is 107 Å². The fourth-order valence-corrected chi connectivity index (χ4v) is 1.32. The Hall–Kier alpha value is -1.32. The van der Waals surface area contributed by atoms with E-state index in [1.54, 1.807) is 0 Å². The predicted octanol–water partition coefficient (Wildman–Crippen LogP) is 4.32. The molecule has 1 rings (SSSR count). The van der Waals surface area contributed by atoms with Crippen LogP contribution in [0.5, 0.6) is 11.5 Å². The van der Waals surface area contributed by atoms with Crippen LogP contribution in [0, 0.1) is 11.6 Å². The molecule has 0 bridgehead atoms. The number of halogens is 2. The summed E-state index contributed by atoms with van der Waals surface area (Å²) in [7, 11) is 0. The first-order valence-electron chi connectivity index (χ1n) is 6.30. The van der Waals surface area contributed by atoms with Crippen LogP contribution in [0.1, 0.15) is 40.5 Å². The third kappa shape index (κ3) is 3.86. The summed E-state index contributed by atoms with van der Waals surface area (Å²) in [6, 6.07) is 1.97. The van der Waals surface area contributed by atoms with Gasteiger partial charge in [0.05, 0.1) is 12.2 Å². The molecule has 0 radical (unpaired) electrons. The summed E-state index contributed by atoms with van der Waals surface area (Å²) in [6.07, 6.45) is 1.22. The molecule has 102 valence electrons. The van der Waals surface area contributed by atoms with Gasteiger partial charge in [0, 0.05) is 12.1 Å². The summed E-state index contributed by atoms with van der Waals surface area (Å²) in [6.45, 7) is 7.54. The van der Waals surface area contributed by atoms with E-state index in [0.717, 1.165) is 25.0 Å². The molecule has 18 heavy (non-hydrogen) atoms. The average Bonchev–Trinajstić information content (AvgIpc) is 2.32. The molecule has 0 N–H and O–H groups in total. The highest BCUT2D eigenvalue weighted by molar-refractivity contribution is 5.41. The van der Waals surface area contributed by atoms with E-state index in [9.17, 15) is 8.78 Å². The zero-order valence-electron chi connectivity index (χ0n) is 11.3. The number of benzene rings is 1. The Kier molecular flexibility index (Phi) is 5.38. The van der Waals surface area contributed by atoms with E-state index in [4.69, 9.17) is 9.47 Å². The maximum atomic E-state index is 13.7. The number of rotatable bonds is 6. The Balaban J connectivity index is 3.04. The molecule has 0 fully saturated rings. The monoisotopic (exact) mass is 258 g/mol. The largest absolute Gasteiger partial charge is 0.487 e. The van der Waals surface area contributed by atoms with Crippen LogP contribution in [-0.4, -0.2) is 12.2 Å². The summed E-state index contributed by atoms with van der Waals surface area (Å²) in [5.41, 5.74) is 0. The zero-order chi connectivity index (χ0) is 13.7. The summed E-state index contributed by atoms with van der Waals surface area (Å²) >= 11 is 0. The highest BCUT2D eigenvalue weighted by Gasteiger charge is 2.17. The van der Waals surface area contributed by atoms with Crippen molar-refractivity contribution in [2.24, 2.45) is 0 Å². The SMILES string of the molecule is CCC(C)Oc1cc(F)cc(F)c1OC(C)CC. The van der Waals surface area contributed by atoms with Crippen LogP contribution < -0.4 is 9.47 Å². The van der Waals surface area contributed by atoms with E-state index in [0.29, 0.717) is 0 Å². The third-order valence-corrected chi connectivity index (χ3v) is 2.77. The van der Waals surface area contributed by atoms with E-state index < -0.39 is 11.6 Å². The van der Waals surface area contributed by atoms with Crippen molar-refractivity contribution in [3.63, 3.8) is 0 Å². The molecule has 0 spiro atoms. The molecule has 2 nitrogen and oxygen atoms in total. The fraction of sp³-hybridized carbons (Fsp3) is 0.571. The molecule has 0 amide bonds. The molecule has 0 heterocycles. The van der Waals surface area contributed by atoms with E-state index in [-0.39, 0.29) is 23.7 Å². The summed E-state index contributed by atoms with van der Waals surface area (Å²) in [4.78, 5) is 0. The van der Waals surface area contributed by atoms with Crippen LogP contribution in [0.2, 0.25) is 0 Å². The zero-order valence-corrected chi connectivity index (χ0v) is 11.3. The lowest BCUT2D eigenvalue weighted by Gasteiger charge is -2.19. The van der Waals surface area contributed by atoms with Gasteiger partial charge < -0.3 is 9.47 Å². The molecule has 1 aromatic rings. The molecule has 0 aliphatic carbocycles. The van der Waals surface area contributed by atoms with Crippen molar-refractivity contribution in [1.29, 1.82) is 0 Å². The highest BCUT2D eigenvalue weighted by atomic mass is 19.1. The van der Waals surface area contributed by atoms with Crippen molar-refractivity contribution in [2.45, 2.75) is 52.7 Å². The van der Waals surface area contributed by atoms with Gasteiger partial charge >= 0.3 is 0 Å². The van der Waals surface area contributed by atoms with Crippen LogP contribution in [0.25, 0.3) is 0 Å². The van der Waals surface area contributed by atoms with E-state index in [2.05, 4.69) is 0 Å². The molecular formula is C14H20F2O2. The molecule has 0 aliphatic rings. The lowest BCUT2D eigenvalue weighted by molar-refractivity contribution is 0.169. The summed E-state index contributed by atoms with van der Waals surface area (Å²) < 4.78 is 37.9. The fourth-order valence-electron chi connectivity index (χ4n) is 1.32. The second kappa shape index (κ2) is 6.57. The van der Waals surface area contributed by atoms with Gasteiger partial charge in [-0.1, -0.05) is 13.8 Å². The first-order valence-corrected chi connectivity index (χ1v) is 6.30. The van der Waals surface area contributed by atoms with Gasteiger partial charge in [-0.2, -0.15) is 0 Å². The first kappa shape index (κ1) is 14.7. The van der Waals surface area contributed by atoms with Crippen molar-refractivity contribution in [1.82, 2.24) is 0 Å². The van der Waals surface area contributed by atoms with Gasteiger partial charge in [-0.3, -0.25) is 0 Å². The maximum Gasteiger partial charge on any atom is 0.197 e. The third-order valence-electron chi connectivity index (χ3n) is 2.77. The lowest BCUT2D eigenvalue weighted by Crippen LogP contribution is -2.15. The number of ether oxygens (including phenoxy) is 2. The van der Waals surface area contributed by atoms with Crippen LogP contribution in [-0.2, 0) is 0 Å². The average molecular weight is 258 g/mol. The summed E-state index contributed by atoms with van der Waals surface area (Å²) in [5, 5.41) is 0. The molecule has 0 saturated carbocycles. The van der Waals surface area contributed by atoms with Gasteiger partial charge in [0.2, 0.25) is 0 Å². The van der Waals surface area contributed by atoms with E-state index in [1.165, 1.54) is 0 Å². The van der Waals surface area contributed by atoms with E-state index >= 15 is 0 Å². The van der Waals surface area contributed by atoms with Crippen molar-refractivity contribution in [3.8, 4) is 11.5 Å². The number of hydrogen-bond acceptors (Lipinski definition) is 2. The molecule has 4 heteroatoms. The Morgan fingerprint density at radius 1 is 1.00 bits per heavy atom. The number of hydrogen-bond donors (Lipinski definition) is 0. The second-order valence-electron chi connectivity index (χ2n) is 4.39. The first-order chi connectivity index (χ1) is 8.47. The highest BCUT2D eigenvalue weighted by Crippen LogP contribution is 2.33. The van der Waals surface area contributed by atoms with Crippen molar-refractivity contribution < 1.29 is 18.3 Å². The van der Waals surface area contributed by atoms with Gasteiger partial charge in [0.1, 0.15) is 5.82 Å². The molecule has 0 aliphatic heterocycles. The smallest absolute Gasteiger partial charge is 0.197 e. The van der Waals surface area contributed by atoms with Gasteiger partial charge in [0.25, 0.3) is 0 Å². The quantitative estimate of drug-likeness (QED) is 0.756. The molecule has 1 aromatic carbocycles. The Morgan fingerprint density at radius 3 is 2.11 bits per heavy atom.